The van der Waals surface area contributed by atoms with Crippen LogP contribution in [-0.2, 0) is 16.9 Å². The van der Waals surface area contributed by atoms with E-state index >= 15 is 0 Å². The molecule has 0 N–H and O–H groups in total. The quantitative estimate of drug-likeness (QED) is 0.283. The molecule has 3 heterocycles. The van der Waals surface area contributed by atoms with Gasteiger partial charge in [-0.3, -0.25) is 4.79 Å². The first-order valence-electron chi connectivity index (χ1n) is 12.1. The maximum atomic E-state index is 13.9. The standard InChI is InChI=1S/C29H29BrN2O3/c1-4-8-20(5-2)18-32-19(3)26(22-9-6-7-10-25(22)32)27(33)31-15-13-29(14-16-31)24-12-11-21(30)17-23(24)28(34)35-29/h4-12,17H,13-16,18H2,1-3H3/b8-4-,20-5+. The van der Waals surface area contributed by atoms with Gasteiger partial charge in [0.2, 0.25) is 0 Å². The third-order valence-corrected chi connectivity index (χ3v) is 7.87. The molecule has 0 atom stereocenters. The number of carbonyl (C=O) groups is 2. The molecule has 0 unspecified atom stereocenters. The van der Waals surface area contributed by atoms with Gasteiger partial charge in [0.15, 0.2) is 0 Å². The van der Waals surface area contributed by atoms with Crippen molar-refractivity contribution in [3.63, 3.8) is 0 Å². The lowest BCUT2D eigenvalue weighted by Crippen LogP contribution is -2.45. The summed E-state index contributed by atoms with van der Waals surface area (Å²) in [6.45, 7) is 7.89. The molecule has 2 aromatic carbocycles. The first kappa shape index (κ1) is 23.6. The summed E-state index contributed by atoms with van der Waals surface area (Å²) < 4.78 is 9.01. The van der Waals surface area contributed by atoms with Gasteiger partial charge in [-0.05, 0) is 44.5 Å². The van der Waals surface area contributed by atoms with E-state index in [1.807, 2.05) is 68.1 Å². The molecule has 0 bridgehead atoms. The normalized spacial score (nSPS) is 17.4. The second kappa shape index (κ2) is 9.15. The number of para-hydroxylation sites is 1. The lowest BCUT2D eigenvalue weighted by atomic mass is 9.83. The van der Waals surface area contributed by atoms with Gasteiger partial charge in [0.05, 0.1) is 11.1 Å². The zero-order chi connectivity index (χ0) is 24.7. The number of esters is 1. The van der Waals surface area contributed by atoms with E-state index in [-0.39, 0.29) is 11.9 Å². The minimum absolute atomic E-state index is 0.0423. The number of benzene rings is 2. The Kier molecular flexibility index (Phi) is 6.18. The zero-order valence-corrected chi connectivity index (χ0v) is 21.9. The van der Waals surface area contributed by atoms with Crippen LogP contribution in [0.4, 0.5) is 0 Å². The fourth-order valence-electron chi connectivity index (χ4n) is 5.51. The molecule has 1 saturated heterocycles. The molecule has 3 aromatic rings. The lowest BCUT2D eigenvalue weighted by Gasteiger charge is -2.38. The fraction of sp³-hybridized carbons (Fsp3) is 0.310. The molecule has 1 amide bonds. The molecule has 1 spiro atoms. The largest absolute Gasteiger partial charge is 0.450 e. The Labute approximate surface area is 214 Å². The second-order valence-electron chi connectivity index (χ2n) is 9.29. The topological polar surface area (TPSA) is 51.5 Å². The molecule has 1 aromatic heterocycles. The zero-order valence-electron chi connectivity index (χ0n) is 20.3. The number of fused-ring (bicyclic) bond motifs is 3. The van der Waals surface area contributed by atoms with Crippen molar-refractivity contribution in [2.24, 2.45) is 0 Å². The summed E-state index contributed by atoms with van der Waals surface area (Å²) in [6.07, 6.45) is 7.46. The number of rotatable bonds is 4. The number of halogens is 1. The molecule has 5 rings (SSSR count). The minimum Gasteiger partial charge on any atom is -0.450 e. The number of carbonyl (C=O) groups excluding carboxylic acids is 2. The van der Waals surface area contributed by atoms with Gasteiger partial charge in [-0.25, -0.2) is 4.79 Å². The number of hydrogen-bond donors (Lipinski definition) is 0. The van der Waals surface area contributed by atoms with Crippen LogP contribution in [0.1, 0.15) is 58.7 Å². The smallest absolute Gasteiger partial charge is 0.339 e. The summed E-state index contributed by atoms with van der Waals surface area (Å²) >= 11 is 3.45. The minimum atomic E-state index is -0.639. The number of allylic oxidation sites excluding steroid dienone is 4. The maximum absolute atomic E-state index is 13.9. The van der Waals surface area contributed by atoms with Gasteiger partial charge in [0, 0.05) is 59.1 Å². The lowest BCUT2D eigenvalue weighted by molar-refractivity contribution is -0.0389. The van der Waals surface area contributed by atoms with Gasteiger partial charge in [-0.15, -0.1) is 0 Å². The third kappa shape index (κ3) is 3.94. The van der Waals surface area contributed by atoms with E-state index in [1.165, 1.54) is 5.57 Å². The molecule has 35 heavy (non-hydrogen) atoms. The van der Waals surface area contributed by atoms with Crippen LogP contribution in [0.15, 0.2) is 70.7 Å². The number of ether oxygens (including phenoxy) is 1. The Morgan fingerprint density at radius 1 is 1.14 bits per heavy atom. The maximum Gasteiger partial charge on any atom is 0.339 e. The Morgan fingerprint density at radius 2 is 1.89 bits per heavy atom. The van der Waals surface area contributed by atoms with Crippen LogP contribution >= 0.6 is 15.9 Å². The summed E-state index contributed by atoms with van der Waals surface area (Å²) in [5, 5.41) is 0.980. The van der Waals surface area contributed by atoms with Crippen LogP contribution in [0.3, 0.4) is 0 Å². The number of likely N-dealkylation sites (tertiary alicyclic amines) is 1. The van der Waals surface area contributed by atoms with E-state index in [2.05, 4.69) is 38.7 Å². The number of nitrogens with zero attached hydrogens (tertiary/aromatic N) is 2. The summed E-state index contributed by atoms with van der Waals surface area (Å²) in [4.78, 5) is 28.3. The Bertz CT molecular complexity index is 1390. The number of aromatic nitrogens is 1. The van der Waals surface area contributed by atoms with E-state index < -0.39 is 5.60 Å². The first-order valence-corrected chi connectivity index (χ1v) is 12.9. The van der Waals surface area contributed by atoms with Crippen LogP contribution in [0.5, 0.6) is 0 Å². The number of hydrogen-bond acceptors (Lipinski definition) is 3. The molecular weight excluding hydrogens is 504 g/mol. The van der Waals surface area contributed by atoms with Gasteiger partial charge >= 0.3 is 5.97 Å². The average Bonchev–Trinajstić information content (AvgIpc) is 3.29. The van der Waals surface area contributed by atoms with E-state index in [9.17, 15) is 9.59 Å². The van der Waals surface area contributed by atoms with Gasteiger partial charge in [0.1, 0.15) is 5.60 Å². The SMILES string of the molecule is C/C=C\C(=C/C)Cn1c(C)c(C(=O)N2CCC3(CC2)OC(=O)c2cc(Br)ccc23)c2ccccc21. The van der Waals surface area contributed by atoms with Gasteiger partial charge in [-0.2, -0.15) is 0 Å². The van der Waals surface area contributed by atoms with Gasteiger partial charge < -0.3 is 14.2 Å². The van der Waals surface area contributed by atoms with Crippen LogP contribution in [0.25, 0.3) is 10.9 Å². The van der Waals surface area contributed by atoms with Crippen LogP contribution < -0.4 is 0 Å². The van der Waals surface area contributed by atoms with Crippen molar-refractivity contribution in [1.82, 2.24) is 9.47 Å². The predicted molar refractivity (Wildman–Crippen MR) is 142 cm³/mol. The molecule has 180 valence electrons. The van der Waals surface area contributed by atoms with Crippen molar-refractivity contribution in [3.05, 3.63) is 93.1 Å². The molecule has 0 saturated carbocycles. The van der Waals surface area contributed by atoms with Crippen LogP contribution in [0, 0.1) is 6.92 Å². The van der Waals surface area contributed by atoms with Crippen molar-refractivity contribution in [2.75, 3.05) is 13.1 Å². The van der Waals surface area contributed by atoms with Crippen molar-refractivity contribution < 1.29 is 14.3 Å². The van der Waals surface area contributed by atoms with Gasteiger partial charge in [0.25, 0.3) is 5.91 Å². The van der Waals surface area contributed by atoms with Crippen molar-refractivity contribution in [1.29, 1.82) is 0 Å². The summed E-state index contributed by atoms with van der Waals surface area (Å²) in [6, 6.07) is 13.9. The summed E-state index contributed by atoms with van der Waals surface area (Å²) in [5.41, 5.74) is 4.93. The van der Waals surface area contributed by atoms with Gasteiger partial charge in [-0.1, -0.05) is 58.4 Å². The van der Waals surface area contributed by atoms with E-state index in [0.717, 1.165) is 32.2 Å². The van der Waals surface area contributed by atoms with E-state index in [1.54, 1.807) is 0 Å². The molecule has 1 fully saturated rings. The van der Waals surface area contributed by atoms with E-state index in [4.69, 9.17) is 4.74 Å². The summed E-state index contributed by atoms with van der Waals surface area (Å²) in [7, 11) is 0. The predicted octanol–water partition coefficient (Wildman–Crippen LogP) is 6.54. The highest BCUT2D eigenvalue weighted by Gasteiger charge is 2.48. The van der Waals surface area contributed by atoms with Crippen LogP contribution in [0.2, 0.25) is 0 Å². The molecule has 0 aliphatic carbocycles. The van der Waals surface area contributed by atoms with Crippen molar-refractivity contribution in [2.45, 2.75) is 45.8 Å². The third-order valence-electron chi connectivity index (χ3n) is 7.38. The molecule has 0 radical (unpaired) electrons. The number of piperidine rings is 1. The fourth-order valence-corrected chi connectivity index (χ4v) is 5.87. The highest BCUT2D eigenvalue weighted by atomic mass is 79.9. The molecular formula is C29H29BrN2O3. The Morgan fingerprint density at radius 3 is 2.60 bits per heavy atom. The Balaban J connectivity index is 1.44. The Hall–Kier alpha value is -3.12. The molecule has 2 aliphatic heterocycles. The van der Waals surface area contributed by atoms with Crippen molar-refractivity contribution in [3.8, 4) is 0 Å². The van der Waals surface area contributed by atoms with Crippen molar-refractivity contribution >= 4 is 38.7 Å². The molecule has 5 nitrogen and oxygen atoms in total. The van der Waals surface area contributed by atoms with E-state index in [0.29, 0.717) is 38.0 Å². The molecule has 6 heteroatoms. The highest BCUT2D eigenvalue weighted by molar-refractivity contribution is 9.10. The monoisotopic (exact) mass is 532 g/mol. The number of amides is 1. The second-order valence-corrected chi connectivity index (χ2v) is 10.2. The van der Waals surface area contributed by atoms with Crippen LogP contribution in [-0.4, -0.2) is 34.4 Å². The average molecular weight is 533 g/mol. The first-order chi connectivity index (χ1) is 16.9. The highest BCUT2D eigenvalue weighted by Crippen LogP contribution is 2.45. The molecule has 2 aliphatic rings. The summed E-state index contributed by atoms with van der Waals surface area (Å²) in [5.74, 6) is -0.235.